The number of rotatable bonds is 2. The Bertz CT molecular complexity index is 794. The zero-order valence-electron chi connectivity index (χ0n) is 11.2. The minimum Gasteiger partial charge on any atom is -0.507 e. The summed E-state index contributed by atoms with van der Waals surface area (Å²) in [5, 5.41) is 24.4. The number of phenolic OH excluding ortho intramolecular Hbond substituents is 1. The van der Waals surface area contributed by atoms with Crippen LogP contribution in [-0.4, -0.2) is 31.4 Å². The molecule has 7 heteroatoms. The third-order valence-corrected chi connectivity index (χ3v) is 4.37. The fourth-order valence-corrected chi connectivity index (χ4v) is 3.27. The van der Waals surface area contributed by atoms with Gasteiger partial charge < -0.3 is 15.0 Å². The average molecular weight is 299 g/mol. The number of nitrogens with zero attached hydrogens (tertiary/aromatic N) is 4. The Balaban J connectivity index is 1.75. The van der Waals surface area contributed by atoms with Crippen molar-refractivity contribution in [1.82, 2.24) is 25.1 Å². The molecule has 2 aromatic heterocycles. The summed E-state index contributed by atoms with van der Waals surface area (Å²) in [5.41, 5.74) is 1.55. The molecule has 6 nitrogen and oxygen atoms in total. The van der Waals surface area contributed by atoms with E-state index in [0.717, 1.165) is 47.5 Å². The summed E-state index contributed by atoms with van der Waals surface area (Å²) in [4.78, 5) is 4.61. The van der Waals surface area contributed by atoms with Gasteiger partial charge in [0.25, 0.3) is 0 Å². The van der Waals surface area contributed by atoms with Crippen molar-refractivity contribution in [3.63, 3.8) is 0 Å². The van der Waals surface area contributed by atoms with Crippen molar-refractivity contribution in [2.75, 3.05) is 6.54 Å². The molecular formula is C14H13N5OS. The summed E-state index contributed by atoms with van der Waals surface area (Å²) in [5.74, 6) is 1.98. The number of para-hydroxylation sites is 1. The van der Waals surface area contributed by atoms with E-state index < -0.39 is 0 Å². The van der Waals surface area contributed by atoms with Gasteiger partial charge in [-0.2, -0.15) is 0 Å². The maximum atomic E-state index is 9.92. The summed E-state index contributed by atoms with van der Waals surface area (Å²) in [6.45, 7) is 2.50. The van der Waals surface area contributed by atoms with Crippen LogP contribution in [0.25, 0.3) is 22.1 Å². The highest BCUT2D eigenvalue weighted by Gasteiger charge is 2.19. The molecule has 0 bridgehead atoms. The average Bonchev–Trinajstić information content (AvgIpc) is 3.14. The number of fused-ring (bicyclic) bond motifs is 1. The van der Waals surface area contributed by atoms with Gasteiger partial charge in [0.15, 0.2) is 5.82 Å². The molecule has 0 fully saturated rings. The summed E-state index contributed by atoms with van der Waals surface area (Å²) >= 11 is 1.50. The predicted octanol–water partition coefficient (Wildman–Crippen LogP) is 1.88. The highest BCUT2D eigenvalue weighted by atomic mass is 32.1. The van der Waals surface area contributed by atoms with E-state index in [1.165, 1.54) is 11.3 Å². The van der Waals surface area contributed by atoms with Gasteiger partial charge in [0.05, 0.1) is 12.1 Å². The lowest BCUT2D eigenvalue weighted by Crippen LogP contribution is -2.28. The van der Waals surface area contributed by atoms with Crippen molar-refractivity contribution in [2.24, 2.45) is 0 Å². The fraction of sp³-hybridized carbons (Fsp3) is 0.214. The van der Waals surface area contributed by atoms with E-state index in [-0.39, 0.29) is 5.75 Å². The molecule has 21 heavy (non-hydrogen) atoms. The minimum absolute atomic E-state index is 0.242. The van der Waals surface area contributed by atoms with E-state index in [2.05, 4.69) is 25.1 Å². The third-order valence-electron chi connectivity index (χ3n) is 3.49. The molecule has 0 unspecified atom stereocenters. The van der Waals surface area contributed by atoms with Crippen LogP contribution in [0.1, 0.15) is 5.82 Å². The van der Waals surface area contributed by atoms with Crippen molar-refractivity contribution in [3.8, 4) is 27.8 Å². The lowest BCUT2D eigenvalue weighted by molar-refractivity contribution is 0.477. The van der Waals surface area contributed by atoms with E-state index in [0.29, 0.717) is 0 Å². The molecule has 0 amide bonds. The molecule has 0 atom stereocenters. The smallest absolute Gasteiger partial charge is 0.183 e. The standard InChI is InChI=1S/C14H13N5OS/c20-11-4-2-1-3-9(11)14-16-10(8-21-14)13-18-17-12-7-15-5-6-19(12)13/h1-4,8,15,20H,5-7H2. The Labute approximate surface area is 125 Å². The molecule has 2 N–H and O–H groups in total. The molecule has 1 aliphatic heterocycles. The Morgan fingerprint density at radius 2 is 2.14 bits per heavy atom. The Morgan fingerprint density at radius 1 is 1.24 bits per heavy atom. The zero-order chi connectivity index (χ0) is 14.2. The lowest BCUT2D eigenvalue weighted by Gasteiger charge is -2.15. The van der Waals surface area contributed by atoms with Gasteiger partial charge in [-0.1, -0.05) is 12.1 Å². The van der Waals surface area contributed by atoms with Crippen LogP contribution < -0.4 is 5.32 Å². The highest BCUT2D eigenvalue weighted by molar-refractivity contribution is 7.13. The van der Waals surface area contributed by atoms with E-state index in [4.69, 9.17) is 0 Å². The van der Waals surface area contributed by atoms with Crippen molar-refractivity contribution in [3.05, 3.63) is 35.5 Å². The minimum atomic E-state index is 0.242. The van der Waals surface area contributed by atoms with Gasteiger partial charge in [-0.05, 0) is 12.1 Å². The van der Waals surface area contributed by atoms with E-state index in [9.17, 15) is 5.11 Å². The highest BCUT2D eigenvalue weighted by Crippen LogP contribution is 2.33. The third kappa shape index (κ3) is 2.10. The number of aromatic hydroxyl groups is 1. The van der Waals surface area contributed by atoms with Crippen LogP contribution >= 0.6 is 11.3 Å². The van der Waals surface area contributed by atoms with Crippen LogP contribution in [0.3, 0.4) is 0 Å². The van der Waals surface area contributed by atoms with Crippen molar-refractivity contribution >= 4 is 11.3 Å². The first-order chi connectivity index (χ1) is 10.3. The predicted molar refractivity (Wildman–Crippen MR) is 79.9 cm³/mol. The van der Waals surface area contributed by atoms with Crippen LogP contribution in [0.2, 0.25) is 0 Å². The first kappa shape index (κ1) is 12.5. The second kappa shape index (κ2) is 4.94. The molecule has 0 saturated carbocycles. The molecule has 0 radical (unpaired) electrons. The largest absolute Gasteiger partial charge is 0.507 e. The second-order valence-corrected chi connectivity index (χ2v) is 5.68. The van der Waals surface area contributed by atoms with E-state index >= 15 is 0 Å². The number of phenols is 1. The van der Waals surface area contributed by atoms with Gasteiger partial charge in [0.2, 0.25) is 0 Å². The summed E-state index contributed by atoms with van der Waals surface area (Å²) < 4.78 is 2.10. The number of hydrogen-bond acceptors (Lipinski definition) is 6. The van der Waals surface area contributed by atoms with Crippen LogP contribution in [0.15, 0.2) is 29.6 Å². The first-order valence-corrected chi connectivity index (χ1v) is 7.58. The summed E-state index contributed by atoms with van der Waals surface area (Å²) in [7, 11) is 0. The Morgan fingerprint density at radius 3 is 3.05 bits per heavy atom. The fourth-order valence-electron chi connectivity index (χ4n) is 2.44. The van der Waals surface area contributed by atoms with E-state index in [1.54, 1.807) is 12.1 Å². The van der Waals surface area contributed by atoms with Crippen molar-refractivity contribution in [1.29, 1.82) is 0 Å². The number of nitrogens with one attached hydrogen (secondary N) is 1. The van der Waals surface area contributed by atoms with Crippen LogP contribution in [-0.2, 0) is 13.1 Å². The lowest BCUT2D eigenvalue weighted by atomic mass is 10.2. The molecular weight excluding hydrogens is 286 g/mol. The Kier molecular flexibility index (Phi) is 2.94. The molecule has 3 aromatic rings. The Hall–Kier alpha value is -2.25. The molecule has 106 valence electrons. The second-order valence-electron chi connectivity index (χ2n) is 4.82. The quantitative estimate of drug-likeness (QED) is 0.755. The van der Waals surface area contributed by atoms with Crippen molar-refractivity contribution < 1.29 is 5.11 Å². The van der Waals surface area contributed by atoms with Crippen LogP contribution in [0.4, 0.5) is 0 Å². The maximum absolute atomic E-state index is 9.92. The molecule has 4 rings (SSSR count). The zero-order valence-corrected chi connectivity index (χ0v) is 12.0. The van der Waals surface area contributed by atoms with Crippen molar-refractivity contribution in [2.45, 2.75) is 13.1 Å². The number of hydrogen-bond donors (Lipinski definition) is 2. The number of aromatic nitrogens is 4. The normalized spacial score (nSPS) is 14.1. The molecule has 0 aliphatic carbocycles. The maximum Gasteiger partial charge on any atom is 0.183 e. The summed E-state index contributed by atoms with van der Waals surface area (Å²) in [6.07, 6.45) is 0. The van der Waals surface area contributed by atoms with Gasteiger partial charge in [-0.25, -0.2) is 4.98 Å². The topological polar surface area (TPSA) is 75.9 Å². The number of thiazole rings is 1. The van der Waals surface area contributed by atoms with Gasteiger partial charge >= 0.3 is 0 Å². The first-order valence-electron chi connectivity index (χ1n) is 6.70. The molecule has 1 aliphatic rings. The molecule has 1 aromatic carbocycles. The van der Waals surface area contributed by atoms with Crippen LogP contribution in [0.5, 0.6) is 5.75 Å². The SMILES string of the molecule is Oc1ccccc1-c1nc(-c2nnc3n2CCNC3)cs1. The number of benzene rings is 1. The molecule has 0 saturated heterocycles. The summed E-state index contributed by atoms with van der Waals surface area (Å²) in [6, 6.07) is 7.22. The van der Waals surface area contributed by atoms with E-state index in [1.807, 2.05) is 17.5 Å². The van der Waals surface area contributed by atoms with Crippen LogP contribution in [0, 0.1) is 0 Å². The van der Waals surface area contributed by atoms with Gasteiger partial charge in [-0.3, -0.25) is 0 Å². The molecule has 3 heterocycles. The monoisotopic (exact) mass is 299 g/mol. The van der Waals surface area contributed by atoms with Gasteiger partial charge in [-0.15, -0.1) is 21.5 Å². The van der Waals surface area contributed by atoms with Gasteiger partial charge in [0, 0.05) is 18.5 Å². The molecule has 0 spiro atoms. The van der Waals surface area contributed by atoms with Gasteiger partial charge in [0.1, 0.15) is 22.3 Å².